The van der Waals surface area contributed by atoms with Crippen LogP contribution in [0.4, 0.5) is 0 Å². The molecule has 0 N–H and O–H groups in total. The predicted octanol–water partition coefficient (Wildman–Crippen LogP) is 4.09. The normalized spacial score (nSPS) is 10.6. The van der Waals surface area contributed by atoms with Gasteiger partial charge < -0.3 is 0 Å². The summed E-state index contributed by atoms with van der Waals surface area (Å²) in [6, 6.07) is 9.56. The van der Waals surface area contributed by atoms with Crippen LogP contribution in [-0.4, -0.2) is 5.78 Å². The van der Waals surface area contributed by atoms with Gasteiger partial charge in [0.1, 0.15) is 0 Å². The molecular formula is C14H20O. The number of carbonyl (C=O) groups is 1. The molecule has 0 unspecified atom stereocenters. The third-order valence-electron chi connectivity index (χ3n) is 2.53. The molecule has 0 aliphatic heterocycles. The molecule has 1 heteroatoms. The number of hydrogen-bond donors (Lipinski definition) is 0. The molecule has 1 aromatic rings. The Labute approximate surface area is 92.5 Å². The maximum Gasteiger partial charge on any atom is 0.162 e. The summed E-state index contributed by atoms with van der Waals surface area (Å²) < 4.78 is 0. The third-order valence-corrected chi connectivity index (χ3v) is 2.53. The van der Waals surface area contributed by atoms with Crippen molar-refractivity contribution in [1.82, 2.24) is 0 Å². The number of ketones is 1. The zero-order valence-corrected chi connectivity index (χ0v) is 9.70. The largest absolute Gasteiger partial charge is 0.294 e. The van der Waals surface area contributed by atoms with Crippen molar-refractivity contribution in [3.63, 3.8) is 0 Å². The minimum Gasteiger partial charge on any atom is -0.294 e. The fraction of sp³-hybridized carbons (Fsp3) is 0.500. The molecule has 0 saturated heterocycles. The molecule has 15 heavy (non-hydrogen) atoms. The number of Topliss-reactive ketones (excluding diaryl/α,β-unsaturated/α-hetero) is 1. The van der Waals surface area contributed by atoms with E-state index in [9.17, 15) is 4.79 Å². The van der Waals surface area contributed by atoms with E-state index in [4.69, 9.17) is 0 Å². The fourth-order valence-electron chi connectivity index (χ4n) is 1.61. The molecule has 1 aromatic carbocycles. The number of rotatable bonds is 6. The first-order valence-electron chi connectivity index (χ1n) is 5.78. The molecule has 0 saturated carbocycles. The van der Waals surface area contributed by atoms with Crippen molar-refractivity contribution in [3.8, 4) is 0 Å². The second-order valence-corrected chi connectivity index (χ2v) is 4.43. The molecule has 0 aliphatic rings. The van der Waals surface area contributed by atoms with Crippen LogP contribution in [0.25, 0.3) is 0 Å². The summed E-state index contributed by atoms with van der Waals surface area (Å²) in [4.78, 5) is 11.7. The van der Waals surface area contributed by atoms with Crippen molar-refractivity contribution in [2.75, 3.05) is 0 Å². The lowest BCUT2D eigenvalue weighted by molar-refractivity contribution is 0.0978. The van der Waals surface area contributed by atoms with Gasteiger partial charge in [0.25, 0.3) is 0 Å². The molecule has 0 radical (unpaired) electrons. The van der Waals surface area contributed by atoms with Gasteiger partial charge in [-0.1, -0.05) is 57.0 Å². The third kappa shape index (κ3) is 4.78. The van der Waals surface area contributed by atoms with Crippen LogP contribution < -0.4 is 0 Å². The lowest BCUT2D eigenvalue weighted by Crippen LogP contribution is -1.98. The lowest BCUT2D eigenvalue weighted by Gasteiger charge is -2.03. The topological polar surface area (TPSA) is 17.1 Å². The summed E-state index contributed by atoms with van der Waals surface area (Å²) in [6.45, 7) is 4.44. The smallest absolute Gasteiger partial charge is 0.162 e. The minimum atomic E-state index is 0.277. The Balaban J connectivity index is 2.25. The number of hydrogen-bond acceptors (Lipinski definition) is 1. The second kappa shape index (κ2) is 6.39. The van der Waals surface area contributed by atoms with Gasteiger partial charge in [0.2, 0.25) is 0 Å². The van der Waals surface area contributed by atoms with Gasteiger partial charge in [0.15, 0.2) is 5.78 Å². The summed E-state index contributed by atoms with van der Waals surface area (Å²) in [7, 11) is 0. The van der Waals surface area contributed by atoms with Crippen LogP contribution in [0.2, 0.25) is 0 Å². The van der Waals surface area contributed by atoms with Crippen LogP contribution in [0.3, 0.4) is 0 Å². The quantitative estimate of drug-likeness (QED) is 0.504. The SMILES string of the molecule is CC(C)CCCCC(=O)c1ccccc1. The molecule has 1 rings (SSSR count). The average molecular weight is 204 g/mol. The molecule has 0 aliphatic carbocycles. The highest BCUT2D eigenvalue weighted by atomic mass is 16.1. The zero-order chi connectivity index (χ0) is 11.1. The molecule has 1 nitrogen and oxygen atoms in total. The highest BCUT2D eigenvalue weighted by Gasteiger charge is 2.04. The monoisotopic (exact) mass is 204 g/mol. The van der Waals surface area contributed by atoms with Crippen LogP contribution in [0.5, 0.6) is 0 Å². The highest BCUT2D eigenvalue weighted by Crippen LogP contribution is 2.11. The van der Waals surface area contributed by atoms with Crippen molar-refractivity contribution >= 4 is 5.78 Å². The van der Waals surface area contributed by atoms with E-state index < -0.39 is 0 Å². The Kier molecular flexibility index (Phi) is 5.09. The molecule has 0 spiro atoms. The zero-order valence-electron chi connectivity index (χ0n) is 9.70. The summed E-state index contributed by atoms with van der Waals surface area (Å²) in [6.07, 6.45) is 4.10. The predicted molar refractivity (Wildman–Crippen MR) is 64.1 cm³/mol. The van der Waals surface area contributed by atoms with Crippen LogP contribution in [0, 0.1) is 5.92 Å². The van der Waals surface area contributed by atoms with E-state index in [1.807, 2.05) is 30.3 Å². The molecule has 0 amide bonds. The van der Waals surface area contributed by atoms with Gasteiger partial charge in [-0.25, -0.2) is 0 Å². The fourth-order valence-corrected chi connectivity index (χ4v) is 1.61. The van der Waals surface area contributed by atoms with Crippen LogP contribution in [-0.2, 0) is 0 Å². The van der Waals surface area contributed by atoms with Gasteiger partial charge in [0.05, 0.1) is 0 Å². The molecule has 82 valence electrons. The van der Waals surface area contributed by atoms with Crippen molar-refractivity contribution in [3.05, 3.63) is 35.9 Å². The summed E-state index contributed by atoms with van der Waals surface area (Å²) in [5.74, 6) is 1.02. The van der Waals surface area contributed by atoms with Crippen molar-refractivity contribution in [2.45, 2.75) is 39.5 Å². The van der Waals surface area contributed by atoms with Gasteiger partial charge in [-0.3, -0.25) is 4.79 Å². The van der Waals surface area contributed by atoms with Gasteiger partial charge in [-0.2, -0.15) is 0 Å². The van der Waals surface area contributed by atoms with Crippen molar-refractivity contribution in [2.24, 2.45) is 5.92 Å². The van der Waals surface area contributed by atoms with Gasteiger partial charge in [-0.05, 0) is 12.3 Å². The molecule has 0 bridgehead atoms. The lowest BCUT2D eigenvalue weighted by atomic mass is 10.0. The molecule has 0 heterocycles. The Bertz CT molecular complexity index is 287. The maximum absolute atomic E-state index is 11.7. The minimum absolute atomic E-state index is 0.277. The van der Waals surface area contributed by atoms with Crippen LogP contribution in [0.1, 0.15) is 49.9 Å². The summed E-state index contributed by atoms with van der Waals surface area (Å²) in [5, 5.41) is 0. The second-order valence-electron chi connectivity index (χ2n) is 4.43. The first-order valence-corrected chi connectivity index (χ1v) is 5.78. The maximum atomic E-state index is 11.7. The van der Waals surface area contributed by atoms with E-state index >= 15 is 0 Å². The van der Waals surface area contributed by atoms with Crippen molar-refractivity contribution < 1.29 is 4.79 Å². The number of benzene rings is 1. The Hall–Kier alpha value is -1.11. The van der Waals surface area contributed by atoms with Crippen LogP contribution >= 0.6 is 0 Å². The molecule has 0 atom stereocenters. The Morgan fingerprint density at radius 1 is 1.13 bits per heavy atom. The highest BCUT2D eigenvalue weighted by molar-refractivity contribution is 5.95. The summed E-state index contributed by atoms with van der Waals surface area (Å²) >= 11 is 0. The van der Waals surface area contributed by atoms with E-state index in [0.29, 0.717) is 6.42 Å². The first kappa shape index (κ1) is 12.0. The van der Waals surface area contributed by atoms with Gasteiger partial charge >= 0.3 is 0 Å². The van der Waals surface area contributed by atoms with Gasteiger partial charge in [0, 0.05) is 12.0 Å². The Morgan fingerprint density at radius 3 is 2.40 bits per heavy atom. The van der Waals surface area contributed by atoms with E-state index in [2.05, 4.69) is 13.8 Å². The standard InChI is InChI=1S/C14H20O/c1-12(2)8-6-7-11-14(15)13-9-4-3-5-10-13/h3-5,9-10,12H,6-8,11H2,1-2H3. The number of carbonyl (C=O) groups excluding carboxylic acids is 1. The Morgan fingerprint density at radius 2 is 1.80 bits per heavy atom. The summed E-state index contributed by atoms with van der Waals surface area (Å²) in [5.41, 5.74) is 0.849. The van der Waals surface area contributed by atoms with E-state index in [-0.39, 0.29) is 5.78 Å². The average Bonchev–Trinajstić information content (AvgIpc) is 2.25. The molecule has 0 fully saturated rings. The van der Waals surface area contributed by atoms with Crippen LogP contribution in [0.15, 0.2) is 30.3 Å². The first-order chi connectivity index (χ1) is 7.20. The molecular weight excluding hydrogens is 184 g/mol. The van der Waals surface area contributed by atoms with E-state index in [0.717, 1.165) is 24.3 Å². The van der Waals surface area contributed by atoms with Gasteiger partial charge in [-0.15, -0.1) is 0 Å². The van der Waals surface area contributed by atoms with E-state index in [1.54, 1.807) is 0 Å². The van der Waals surface area contributed by atoms with Crippen molar-refractivity contribution in [1.29, 1.82) is 0 Å². The van der Waals surface area contributed by atoms with E-state index in [1.165, 1.54) is 6.42 Å². The number of unbranched alkanes of at least 4 members (excludes halogenated alkanes) is 1. The molecule has 0 aromatic heterocycles.